The average Bonchev–Trinajstić information content (AvgIpc) is 3.41. The first-order valence-electron chi connectivity index (χ1n) is 9.46. The fraction of sp³-hybridized carbons (Fsp3) is 0.143. The second-order valence-corrected chi connectivity index (χ2v) is 6.77. The summed E-state index contributed by atoms with van der Waals surface area (Å²) in [4.78, 5) is 28.8. The number of carbonyl (C=O) groups is 2. The molecule has 0 fully saturated rings. The maximum Gasteiger partial charge on any atom is 0.290 e. The SMILES string of the molecule is Cn1cc(-c2cccc(-c3ncc(-c4cnn(C)c4)c(NCC(N)=O)n3)c2)cn1.O=CO. The van der Waals surface area contributed by atoms with Gasteiger partial charge in [0.15, 0.2) is 5.82 Å². The molecule has 164 valence electrons. The van der Waals surface area contributed by atoms with Crippen molar-refractivity contribution in [3.8, 4) is 33.6 Å². The van der Waals surface area contributed by atoms with Gasteiger partial charge in [-0.1, -0.05) is 18.2 Å². The molecule has 3 aromatic heterocycles. The predicted octanol–water partition coefficient (Wildman–Crippen LogP) is 1.54. The van der Waals surface area contributed by atoms with Crippen LogP contribution in [-0.2, 0) is 23.7 Å². The van der Waals surface area contributed by atoms with Crippen molar-refractivity contribution >= 4 is 18.2 Å². The lowest BCUT2D eigenvalue weighted by Crippen LogP contribution is -2.22. The molecule has 0 spiro atoms. The molecule has 4 rings (SSSR count). The van der Waals surface area contributed by atoms with Crippen LogP contribution < -0.4 is 11.1 Å². The second kappa shape index (κ2) is 9.98. The minimum absolute atomic E-state index is 0.0283. The molecule has 32 heavy (non-hydrogen) atoms. The fourth-order valence-corrected chi connectivity index (χ4v) is 3.01. The Bertz CT molecular complexity index is 1230. The summed E-state index contributed by atoms with van der Waals surface area (Å²) in [6, 6.07) is 7.91. The topological polar surface area (TPSA) is 154 Å². The van der Waals surface area contributed by atoms with Crippen molar-refractivity contribution in [1.29, 1.82) is 0 Å². The molecule has 4 aromatic rings. The van der Waals surface area contributed by atoms with Gasteiger partial charge < -0.3 is 16.2 Å². The van der Waals surface area contributed by atoms with Gasteiger partial charge in [-0.15, -0.1) is 0 Å². The van der Waals surface area contributed by atoms with Crippen LogP contribution in [0.4, 0.5) is 5.82 Å². The number of rotatable bonds is 6. The van der Waals surface area contributed by atoms with E-state index >= 15 is 0 Å². The van der Waals surface area contributed by atoms with Gasteiger partial charge in [0.1, 0.15) is 5.82 Å². The van der Waals surface area contributed by atoms with Crippen LogP contribution in [0, 0.1) is 0 Å². The molecule has 4 N–H and O–H groups in total. The van der Waals surface area contributed by atoms with Crippen molar-refractivity contribution in [3.05, 3.63) is 55.2 Å². The van der Waals surface area contributed by atoms with E-state index in [1.54, 1.807) is 21.8 Å². The molecule has 1 aromatic carbocycles. The van der Waals surface area contributed by atoms with E-state index in [9.17, 15) is 4.79 Å². The molecule has 3 heterocycles. The summed E-state index contributed by atoms with van der Waals surface area (Å²) in [5, 5.41) is 18.3. The average molecular weight is 434 g/mol. The quantitative estimate of drug-likeness (QED) is 0.386. The summed E-state index contributed by atoms with van der Waals surface area (Å²) < 4.78 is 3.45. The molecule has 0 aliphatic carbocycles. The zero-order valence-corrected chi connectivity index (χ0v) is 17.5. The van der Waals surface area contributed by atoms with Gasteiger partial charge >= 0.3 is 0 Å². The number of carbonyl (C=O) groups excluding carboxylic acids is 1. The van der Waals surface area contributed by atoms with Gasteiger partial charge in [-0.2, -0.15) is 10.2 Å². The minimum Gasteiger partial charge on any atom is -0.483 e. The van der Waals surface area contributed by atoms with Crippen LogP contribution in [0.2, 0.25) is 0 Å². The molecule has 0 saturated carbocycles. The highest BCUT2D eigenvalue weighted by atomic mass is 16.3. The Morgan fingerprint density at radius 3 is 2.28 bits per heavy atom. The number of anilines is 1. The van der Waals surface area contributed by atoms with Gasteiger partial charge in [-0.05, 0) is 11.6 Å². The Kier molecular flexibility index (Phi) is 6.91. The van der Waals surface area contributed by atoms with Gasteiger partial charge in [0.25, 0.3) is 6.47 Å². The van der Waals surface area contributed by atoms with Crippen LogP contribution >= 0.6 is 0 Å². The smallest absolute Gasteiger partial charge is 0.290 e. The Balaban J connectivity index is 0.000000913. The Morgan fingerprint density at radius 1 is 1.06 bits per heavy atom. The standard InChI is InChI=1S/C20H20N8O.CH2O2/c1-27-11-15(7-24-27)13-4-3-5-14(6-13)19-22-9-17(16-8-25-28(2)12-16)20(26-19)23-10-18(21)29;2-1-3/h3-9,11-12H,10H2,1-2H3,(H2,21,29)(H,22,23,26);1H,(H,2,3). The first-order valence-corrected chi connectivity index (χ1v) is 9.46. The minimum atomic E-state index is -0.471. The van der Waals surface area contributed by atoms with Crippen LogP contribution in [-0.4, -0.2) is 53.6 Å². The van der Waals surface area contributed by atoms with Gasteiger partial charge in [0.2, 0.25) is 5.91 Å². The van der Waals surface area contributed by atoms with Crippen molar-refractivity contribution in [2.75, 3.05) is 11.9 Å². The van der Waals surface area contributed by atoms with E-state index in [-0.39, 0.29) is 13.0 Å². The largest absolute Gasteiger partial charge is 0.483 e. The van der Waals surface area contributed by atoms with Crippen LogP contribution in [0.3, 0.4) is 0 Å². The van der Waals surface area contributed by atoms with Gasteiger partial charge in [0.05, 0.1) is 18.9 Å². The van der Waals surface area contributed by atoms with Gasteiger partial charge in [-0.25, -0.2) is 9.97 Å². The molecule has 0 aliphatic rings. The zero-order valence-electron chi connectivity index (χ0n) is 17.5. The number of nitrogens with two attached hydrogens (primary N) is 1. The molecule has 0 saturated heterocycles. The third-order valence-corrected chi connectivity index (χ3v) is 4.39. The van der Waals surface area contributed by atoms with Crippen LogP contribution in [0.25, 0.3) is 33.6 Å². The first kappa shape index (κ1) is 22.2. The number of amides is 1. The monoisotopic (exact) mass is 434 g/mol. The predicted molar refractivity (Wildman–Crippen MR) is 118 cm³/mol. The van der Waals surface area contributed by atoms with E-state index < -0.39 is 5.91 Å². The number of benzene rings is 1. The highest BCUT2D eigenvalue weighted by molar-refractivity contribution is 5.82. The number of nitrogens with one attached hydrogen (secondary N) is 1. The summed E-state index contributed by atoms with van der Waals surface area (Å²) >= 11 is 0. The Labute approximate surface area is 183 Å². The van der Waals surface area contributed by atoms with E-state index in [0.29, 0.717) is 11.6 Å². The fourth-order valence-electron chi connectivity index (χ4n) is 3.01. The summed E-state index contributed by atoms with van der Waals surface area (Å²) in [6.45, 7) is -0.278. The number of primary amides is 1. The van der Waals surface area contributed by atoms with Crippen molar-refractivity contribution in [2.45, 2.75) is 0 Å². The summed E-state index contributed by atoms with van der Waals surface area (Å²) in [5.74, 6) is 0.588. The summed E-state index contributed by atoms with van der Waals surface area (Å²) in [7, 11) is 3.71. The molecule has 0 unspecified atom stereocenters. The maximum atomic E-state index is 11.3. The van der Waals surface area contributed by atoms with Crippen molar-refractivity contribution in [3.63, 3.8) is 0 Å². The number of nitrogens with zero attached hydrogens (tertiary/aromatic N) is 6. The van der Waals surface area contributed by atoms with E-state index in [2.05, 4.69) is 25.5 Å². The maximum absolute atomic E-state index is 11.3. The number of aromatic nitrogens is 6. The molecular formula is C21H22N8O3. The van der Waals surface area contributed by atoms with Crippen LogP contribution in [0.5, 0.6) is 0 Å². The van der Waals surface area contributed by atoms with Gasteiger partial charge in [-0.3, -0.25) is 19.0 Å². The van der Waals surface area contributed by atoms with Crippen LogP contribution in [0.1, 0.15) is 0 Å². The third kappa shape index (κ3) is 5.33. The van der Waals surface area contributed by atoms with Crippen molar-refractivity contribution in [2.24, 2.45) is 19.8 Å². The van der Waals surface area contributed by atoms with Crippen LogP contribution in [0.15, 0.2) is 55.2 Å². The molecular weight excluding hydrogens is 412 g/mol. The number of hydrogen-bond donors (Lipinski definition) is 3. The lowest BCUT2D eigenvalue weighted by atomic mass is 10.1. The molecule has 0 bridgehead atoms. The highest BCUT2D eigenvalue weighted by Gasteiger charge is 2.13. The summed E-state index contributed by atoms with van der Waals surface area (Å²) in [6.07, 6.45) is 9.06. The lowest BCUT2D eigenvalue weighted by Gasteiger charge is -2.11. The van der Waals surface area contributed by atoms with E-state index in [4.69, 9.17) is 15.6 Å². The molecule has 0 radical (unpaired) electrons. The molecule has 0 atom stereocenters. The van der Waals surface area contributed by atoms with Crippen molar-refractivity contribution < 1.29 is 14.7 Å². The third-order valence-electron chi connectivity index (χ3n) is 4.39. The number of aryl methyl sites for hydroxylation is 2. The van der Waals surface area contributed by atoms with Gasteiger partial charge in [0, 0.05) is 54.9 Å². The second-order valence-electron chi connectivity index (χ2n) is 6.77. The first-order chi connectivity index (χ1) is 15.4. The van der Waals surface area contributed by atoms with Crippen molar-refractivity contribution in [1.82, 2.24) is 29.5 Å². The number of hydrogen-bond acceptors (Lipinski definition) is 7. The normalized spacial score (nSPS) is 10.2. The molecule has 0 aliphatic heterocycles. The Morgan fingerprint density at radius 2 is 1.69 bits per heavy atom. The number of carboxylic acid groups (broad SMARTS) is 1. The Hall–Kier alpha value is -4.54. The lowest BCUT2D eigenvalue weighted by molar-refractivity contribution is -0.123. The highest BCUT2D eigenvalue weighted by Crippen LogP contribution is 2.29. The molecule has 11 nitrogen and oxygen atoms in total. The van der Waals surface area contributed by atoms with E-state index in [0.717, 1.165) is 27.8 Å². The zero-order chi connectivity index (χ0) is 23.1. The van der Waals surface area contributed by atoms with E-state index in [1.807, 2.05) is 57.0 Å². The van der Waals surface area contributed by atoms with E-state index in [1.165, 1.54) is 0 Å². The molecule has 11 heteroatoms. The summed E-state index contributed by atoms with van der Waals surface area (Å²) in [5.41, 5.74) is 9.76. The molecule has 1 amide bonds.